The van der Waals surface area contributed by atoms with Crippen LogP contribution in [0.4, 0.5) is 32.2 Å². The molecular weight excluding hydrogens is 356 g/mol. The molecule has 7 nitrogen and oxygen atoms in total. The summed E-state index contributed by atoms with van der Waals surface area (Å²) in [6.45, 7) is 0. The summed E-state index contributed by atoms with van der Waals surface area (Å²) in [4.78, 5) is 7.43. The van der Waals surface area contributed by atoms with Gasteiger partial charge in [-0.15, -0.1) is 0 Å². The van der Waals surface area contributed by atoms with E-state index in [1.165, 1.54) is 18.5 Å². The van der Waals surface area contributed by atoms with E-state index in [1.54, 1.807) is 0 Å². The zero-order chi connectivity index (χ0) is 18.4. The van der Waals surface area contributed by atoms with E-state index in [2.05, 4.69) is 20.2 Å². The van der Waals surface area contributed by atoms with Crippen LogP contribution in [0.25, 0.3) is 11.6 Å². The zero-order valence-corrected chi connectivity index (χ0v) is 11.9. The summed E-state index contributed by atoms with van der Waals surface area (Å²) in [6.07, 6.45) is -6.62. The average Bonchev–Trinajstić information content (AvgIpc) is 3.11. The maximum absolute atomic E-state index is 13.2. The Kier molecular flexibility index (Phi) is 3.65. The fourth-order valence-corrected chi connectivity index (χ4v) is 1.99. The van der Waals surface area contributed by atoms with Gasteiger partial charge < -0.3 is 5.73 Å². The fraction of sp³-hybridized carbons (Fsp3) is 0.167. The van der Waals surface area contributed by atoms with Gasteiger partial charge in [-0.2, -0.15) is 41.2 Å². The predicted octanol–water partition coefficient (Wildman–Crippen LogP) is 2.47. The van der Waals surface area contributed by atoms with Gasteiger partial charge in [0.15, 0.2) is 17.2 Å². The first-order chi connectivity index (χ1) is 11.6. The van der Waals surface area contributed by atoms with Crippen LogP contribution in [0.3, 0.4) is 0 Å². The lowest BCUT2D eigenvalue weighted by Crippen LogP contribution is -2.13. The van der Waals surface area contributed by atoms with Crippen molar-refractivity contribution in [2.75, 3.05) is 5.73 Å². The van der Waals surface area contributed by atoms with Crippen LogP contribution in [0.1, 0.15) is 11.4 Å². The van der Waals surface area contributed by atoms with Gasteiger partial charge in [0.2, 0.25) is 0 Å². The predicted molar refractivity (Wildman–Crippen MR) is 70.7 cm³/mol. The highest BCUT2D eigenvalue weighted by atomic mass is 19.4. The molecule has 132 valence electrons. The molecule has 3 aromatic heterocycles. The maximum Gasteiger partial charge on any atom is 0.437 e. The van der Waals surface area contributed by atoms with E-state index in [4.69, 9.17) is 5.73 Å². The highest BCUT2D eigenvalue weighted by molar-refractivity contribution is 5.59. The van der Waals surface area contributed by atoms with Crippen molar-refractivity contribution < 1.29 is 26.3 Å². The molecule has 3 heterocycles. The van der Waals surface area contributed by atoms with Crippen LogP contribution in [0.5, 0.6) is 0 Å². The van der Waals surface area contributed by atoms with Crippen LogP contribution >= 0.6 is 0 Å². The number of anilines is 1. The second kappa shape index (κ2) is 5.46. The highest BCUT2D eigenvalue weighted by Crippen LogP contribution is 2.37. The first-order valence-electron chi connectivity index (χ1n) is 6.45. The van der Waals surface area contributed by atoms with Crippen LogP contribution in [0.15, 0.2) is 30.7 Å². The van der Waals surface area contributed by atoms with Crippen molar-refractivity contribution >= 4 is 5.82 Å². The summed E-state index contributed by atoms with van der Waals surface area (Å²) in [5, 5.41) is 6.41. The number of rotatable bonds is 2. The number of halogens is 6. The Morgan fingerprint density at radius 3 is 2.08 bits per heavy atom. The smallest absolute Gasteiger partial charge is 0.382 e. The van der Waals surface area contributed by atoms with Gasteiger partial charge in [0, 0.05) is 18.6 Å². The first kappa shape index (κ1) is 16.7. The van der Waals surface area contributed by atoms with Crippen LogP contribution in [0, 0.1) is 0 Å². The molecule has 0 atom stereocenters. The quantitative estimate of drug-likeness (QED) is 0.707. The molecule has 0 amide bonds. The Labute approximate surface area is 134 Å². The molecule has 0 aliphatic carbocycles. The topological polar surface area (TPSA) is 87.4 Å². The largest absolute Gasteiger partial charge is 0.437 e. The summed E-state index contributed by atoms with van der Waals surface area (Å²) in [5.74, 6) is -0.893. The number of nitrogens with zero attached hydrogens (tertiary/aromatic N) is 6. The Balaban J connectivity index is 2.22. The maximum atomic E-state index is 13.2. The minimum absolute atomic E-state index is 0.278. The van der Waals surface area contributed by atoms with Gasteiger partial charge in [-0.1, -0.05) is 0 Å². The Hall–Kier alpha value is -3.12. The molecule has 0 bridgehead atoms. The van der Waals surface area contributed by atoms with E-state index in [-0.39, 0.29) is 5.95 Å². The van der Waals surface area contributed by atoms with E-state index < -0.39 is 35.2 Å². The van der Waals surface area contributed by atoms with Crippen molar-refractivity contribution in [1.29, 1.82) is 0 Å². The van der Waals surface area contributed by atoms with Gasteiger partial charge in [-0.3, -0.25) is 0 Å². The molecule has 3 aromatic rings. The van der Waals surface area contributed by atoms with Crippen molar-refractivity contribution in [3.63, 3.8) is 0 Å². The minimum Gasteiger partial charge on any atom is -0.382 e. The Morgan fingerprint density at radius 2 is 1.56 bits per heavy atom. The Morgan fingerprint density at radius 1 is 0.920 bits per heavy atom. The van der Waals surface area contributed by atoms with Crippen molar-refractivity contribution in [2.24, 2.45) is 0 Å². The lowest BCUT2D eigenvalue weighted by Gasteiger charge is -2.07. The van der Waals surface area contributed by atoms with Crippen molar-refractivity contribution in [2.45, 2.75) is 12.4 Å². The molecule has 0 radical (unpaired) electrons. The van der Waals surface area contributed by atoms with Gasteiger partial charge >= 0.3 is 12.4 Å². The van der Waals surface area contributed by atoms with E-state index >= 15 is 0 Å². The van der Waals surface area contributed by atoms with Crippen molar-refractivity contribution in [3.8, 4) is 11.6 Å². The summed E-state index contributed by atoms with van der Waals surface area (Å²) in [5.41, 5.74) is 1.92. The lowest BCUT2D eigenvalue weighted by molar-refractivity contribution is -0.141. The van der Waals surface area contributed by atoms with Crippen LogP contribution < -0.4 is 5.73 Å². The number of hydrogen-bond acceptors (Lipinski definition) is 5. The third-order valence-electron chi connectivity index (χ3n) is 3.01. The summed E-state index contributed by atoms with van der Waals surface area (Å²) in [6, 6.07) is 1.94. The molecule has 13 heteroatoms. The first-order valence-corrected chi connectivity index (χ1v) is 6.45. The molecule has 2 N–H and O–H groups in total. The molecule has 0 saturated carbocycles. The molecule has 25 heavy (non-hydrogen) atoms. The molecular formula is C12H7F6N7. The van der Waals surface area contributed by atoms with Gasteiger partial charge in [-0.25, -0.2) is 14.6 Å². The van der Waals surface area contributed by atoms with Crippen molar-refractivity contribution in [3.05, 3.63) is 42.1 Å². The molecule has 0 spiro atoms. The van der Waals surface area contributed by atoms with Gasteiger partial charge in [0.05, 0.1) is 0 Å². The molecule has 0 aliphatic rings. The average molecular weight is 363 g/mol. The highest BCUT2D eigenvalue weighted by Gasteiger charge is 2.41. The van der Waals surface area contributed by atoms with E-state index in [0.29, 0.717) is 21.6 Å². The van der Waals surface area contributed by atoms with Crippen molar-refractivity contribution in [1.82, 2.24) is 29.5 Å². The molecule has 0 fully saturated rings. The van der Waals surface area contributed by atoms with Gasteiger partial charge in [0.25, 0.3) is 5.95 Å². The van der Waals surface area contributed by atoms with E-state index in [0.717, 1.165) is 0 Å². The van der Waals surface area contributed by atoms with Crippen LogP contribution in [0.2, 0.25) is 0 Å². The molecule has 0 aliphatic heterocycles. The summed E-state index contributed by atoms with van der Waals surface area (Å²) in [7, 11) is 0. The third-order valence-corrected chi connectivity index (χ3v) is 3.01. The number of hydrogen-bond donors (Lipinski definition) is 1. The number of nitrogens with two attached hydrogens (primary N) is 1. The monoisotopic (exact) mass is 363 g/mol. The Bertz CT molecular complexity index is 893. The standard InChI is InChI=1S/C12H7F6N7/c13-11(14,15)6-2-5-24(22-6)7-8(12(16,17)18)23-25(9(7)19)10-20-3-1-4-21-10/h1-5H,19H2. The van der Waals surface area contributed by atoms with E-state index in [1.807, 2.05) is 0 Å². The minimum atomic E-state index is -4.99. The van der Waals surface area contributed by atoms with Gasteiger partial charge in [-0.05, 0) is 12.1 Å². The SMILES string of the molecule is Nc1c(-n2ccc(C(F)(F)F)n2)c(C(F)(F)F)nn1-c1ncccn1. The summed E-state index contributed by atoms with van der Waals surface area (Å²) >= 11 is 0. The molecule has 0 aromatic carbocycles. The summed E-state index contributed by atoms with van der Waals surface area (Å²) < 4.78 is 78.6. The van der Waals surface area contributed by atoms with Crippen LogP contribution in [-0.4, -0.2) is 29.5 Å². The third kappa shape index (κ3) is 2.99. The van der Waals surface area contributed by atoms with Crippen LogP contribution in [-0.2, 0) is 12.4 Å². The second-order valence-electron chi connectivity index (χ2n) is 4.68. The number of alkyl halides is 6. The number of nitrogen functional groups attached to an aromatic ring is 1. The molecule has 0 saturated heterocycles. The number of aromatic nitrogens is 6. The van der Waals surface area contributed by atoms with E-state index in [9.17, 15) is 26.3 Å². The normalized spacial score (nSPS) is 12.6. The second-order valence-corrected chi connectivity index (χ2v) is 4.68. The fourth-order valence-electron chi connectivity index (χ4n) is 1.99. The van der Waals surface area contributed by atoms with Gasteiger partial charge in [0.1, 0.15) is 5.69 Å². The lowest BCUT2D eigenvalue weighted by atomic mass is 10.3. The molecule has 3 rings (SSSR count). The molecule has 0 unspecified atom stereocenters. The zero-order valence-electron chi connectivity index (χ0n) is 11.9.